The maximum atomic E-state index is 13.1. The van der Waals surface area contributed by atoms with Crippen LogP contribution in [-0.4, -0.2) is 59.1 Å². The Bertz CT molecular complexity index is 1360. The number of esters is 1. The van der Waals surface area contributed by atoms with E-state index in [1.54, 1.807) is 31.2 Å². The van der Waals surface area contributed by atoms with Gasteiger partial charge in [0.2, 0.25) is 11.8 Å². The molecule has 0 saturated carbocycles. The van der Waals surface area contributed by atoms with Crippen LogP contribution in [0.3, 0.4) is 0 Å². The van der Waals surface area contributed by atoms with Crippen LogP contribution in [0.2, 0.25) is 0 Å². The molecule has 0 aliphatic carbocycles. The molecule has 0 spiro atoms. The molecule has 10 nitrogen and oxygen atoms in total. The van der Waals surface area contributed by atoms with E-state index < -0.39 is 53.0 Å². The molecule has 0 aromatic heterocycles. The van der Waals surface area contributed by atoms with Crippen molar-refractivity contribution in [3.8, 4) is 0 Å². The maximum Gasteiger partial charge on any atom is 0.326 e. The topological polar surface area (TPSA) is 125 Å². The zero-order chi connectivity index (χ0) is 26.5. The number of benzene rings is 2. The van der Waals surface area contributed by atoms with E-state index >= 15 is 0 Å². The molecule has 5 rings (SSSR count). The van der Waals surface area contributed by atoms with Gasteiger partial charge in [-0.3, -0.25) is 39.1 Å². The highest BCUT2D eigenvalue weighted by molar-refractivity contribution is 6.17. The SMILES string of the molecule is COC(=O)[C@]1(C)N[C@H](c2ccccc2NC2=CC(=O)N(Cc3ccccc3)C2=O)[C@@H]2C(=O)N(C)C(=O)[C@@H]21. The normalized spacial score (nSPS) is 27.0. The zero-order valence-electron chi connectivity index (χ0n) is 20.6. The van der Waals surface area contributed by atoms with Gasteiger partial charge < -0.3 is 10.1 Å². The summed E-state index contributed by atoms with van der Waals surface area (Å²) in [6, 6.07) is 15.4. The van der Waals surface area contributed by atoms with Crippen molar-refractivity contribution in [3.63, 3.8) is 0 Å². The lowest BCUT2D eigenvalue weighted by Crippen LogP contribution is -2.53. The minimum atomic E-state index is -1.43. The Morgan fingerprint density at radius 1 is 1.03 bits per heavy atom. The molecule has 37 heavy (non-hydrogen) atoms. The number of amides is 4. The van der Waals surface area contributed by atoms with Gasteiger partial charge >= 0.3 is 5.97 Å². The predicted molar refractivity (Wildman–Crippen MR) is 131 cm³/mol. The number of nitrogens with one attached hydrogen (secondary N) is 2. The number of fused-ring (bicyclic) bond motifs is 1. The molecule has 190 valence electrons. The van der Waals surface area contributed by atoms with Crippen LogP contribution < -0.4 is 10.6 Å². The van der Waals surface area contributed by atoms with Crippen molar-refractivity contribution >= 4 is 35.3 Å². The molecule has 4 amide bonds. The first-order chi connectivity index (χ1) is 17.7. The predicted octanol–water partition coefficient (Wildman–Crippen LogP) is 1.36. The van der Waals surface area contributed by atoms with Crippen molar-refractivity contribution in [2.24, 2.45) is 11.8 Å². The summed E-state index contributed by atoms with van der Waals surface area (Å²) in [5.74, 6) is -4.24. The monoisotopic (exact) mass is 502 g/mol. The van der Waals surface area contributed by atoms with Gasteiger partial charge in [0.15, 0.2) is 0 Å². The number of carbonyl (C=O) groups excluding carboxylic acids is 5. The fourth-order valence-electron chi connectivity index (χ4n) is 5.49. The summed E-state index contributed by atoms with van der Waals surface area (Å²) in [4.78, 5) is 66.8. The van der Waals surface area contributed by atoms with Crippen molar-refractivity contribution in [1.29, 1.82) is 0 Å². The number of carbonyl (C=O) groups is 5. The first-order valence-electron chi connectivity index (χ1n) is 11.8. The van der Waals surface area contributed by atoms with Gasteiger partial charge in [-0.1, -0.05) is 48.5 Å². The molecule has 2 N–H and O–H groups in total. The van der Waals surface area contributed by atoms with Crippen LogP contribution in [0.15, 0.2) is 66.4 Å². The second kappa shape index (κ2) is 8.97. The largest absolute Gasteiger partial charge is 0.468 e. The molecular weight excluding hydrogens is 476 g/mol. The minimum Gasteiger partial charge on any atom is -0.468 e. The number of rotatable bonds is 6. The Morgan fingerprint density at radius 3 is 2.41 bits per heavy atom. The Labute approximate surface area is 213 Å². The molecule has 2 saturated heterocycles. The molecule has 0 bridgehead atoms. The van der Waals surface area contributed by atoms with Crippen LogP contribution in [0.5, 0.6) is 0 Å². The van der Waals surface area contributed by atoms with Gasteiger partial charge in [0.05, 0.1) is 25.5 Å². The molecule has 3 heterocycles. The van der Waals surface area contributed by atoms with Crippen molar-refractivity contribution in [2.75, 3.05) is 19.5 Å². The summed E-state index contributed by atoms with van der Waals surface area (Å²) in [5.41, 5.74) is 0.515. The van der Waals surface area contributed by atoms with Crippen molar-refractivity contribution < 1.29 is 28.7 Å². The Hall–Kier alpha value is -4.31. The quantitative estimate of drug-likeness (QED) is 0.448. The van der Waals surface area contributed by atoms with Crippen LogP contribution in [0.25, 0.3) is 0 Å². The van der Waals surface area contributed by atoms with Gasteiger partial charge in [0.1, 0.15) is 11.2 Å². The molecule has 0 unspecified atom stereocenters. The first-order valence-corrected chi connectivity index (χ1v) is 11.8. The lowest BCUT2D eigenvalue weighted by atomic mass is 9.80. The van der Waals surface area contributed by atoms with Crippen LogP contribution in [0.1, 0.15) is 24.1 Å². The van der Waals surface area contributed by atoms with E-state index in [9.17, 15) is 24.0 Å². The average Bonchev–Trinajstić information content (AvgIpc) is 3.45. The molecule has 0 radical (unpaired) electrons. The summed E-state index contributed by atoms with van der Waals surface area (Å²) >= 11 is 0. The van der Waals surface area contributed by atoms with Crippen molar-refractivity contribution in [3.05, 3.63) is 77.5 Å². The molecule has 2 fully saturated rings. The Morgan fingerprint density at radius 2 is 1.70 bits per heavy atom. The van der Waals surface area contributed by atoms with Crippen LogP contribution in [0.4, 0.5) is 5.69 Å². The van der Waals surface area contributed by atoms with E-state index in [1.807, 2.05) is 30.3 Å². The smallest absolute Gasteiger partial charge is 0.326 e. The molecular formula is C27H26N4O6. The second-order valence-corrected chi connectivity index (χ2v) is 9.54. The average molecular weight is 503 g/mol. The van der Waals surface area contributed by atoms with E-state index in [0.717, 1.165) is 15.4 Å². The van der Waals surface area contributed by atoms with E-state index in [0.29, 0.717) is 11.3 Å². The third kappa shape index (κ3) is 3.80. The number of ether oxygens (including phenoxy) is 1. The first kappa shape index (κ1) is 24.4. The third-order valence-electron chi connectivity index (χ3n) is 7.38. The van der Waals surface area contributed by atoms with Gasteiger partial charge in [-0.05, 0) is 24.1 Å². The van der Waals surface area contributed by atoms with Crippen LogP contribution >= 0.6 is 0 Å². The Balaban J connectivity index is 1.46. The summed E-state index contributed by atoms with van der Waals surface area (Å²) in [6.07, 6.45) is 1.24. The fourth-order valence-corrected chi connectivity index (χ4v) is 5.49. The second-order valence-electron chi connectivity index (χ2n) is 9.54. The van der Waals surface area contributed by atoms with Crippen LogP contribution in [0, 0.1) is 11.8 Å². The maximum absolute atomic E-state index is 13.1. The lowest BCUT2D eigenvalue weighted by molar-refractivity contribution is -0.152. The number of para-hydroxylation sites is 1. The number of nitrogens with zero attached hydrogens (tertiary/aromatic N) is 2. The number of hydrogen-bond donors (Lipinski definition) is 2. The highest BCUT2D eigenvalue weighted by atomic mass is 16.5. The highest BCUT2D eigenvalue weighted by Gasteiger charge is 2.66. The number of imide groups is 2. The third-order valence-corrected chi connectivity index (χ3v) is 7.38. The summed E-state index contributed by atoms with van der Waals surface area (Å²) in [6.45, 7) is 1.69. The molecule has 2 aromatic rings. The number of anilines is 1. The van der Waals surface area contributed by atoms with E-state index in [-0.39, 0.29) is 12.2 Å². The van der Waals surface area contributed by atoms with Gasteiger partial charge in [-0.25, -0.2) is 0 Å². The number of likely N-dealkylation sites (tertiary alicyclic amines) is 1. The minimum absolute atomic E-state index is 0.0876. The molecule has 10 heteroatoms. The summed E-state index contributed by atoms with van der Waals surface area (Å²) < 4.78 is 4.98. The van der Waals surface area contributed by atoms with Crippen molar-refractivity contribution in [1.82, 2.24) is 15.1 Å². The van der Waals surface area contributed by atoms with E-state index in [1.165, 1.54) is 20.2 Å². The fraction of sp³-hybridized carbons (Fsp3) is 0.296. The highest BCUT2D eigenvalue weighted by Crippen LogP contribution is 2.50. The standard InChI is InChI=1S/C27H26N4O6/c1-27(26(36)37-3)21-20(24(34)30(2)25(21)35)22(29-27)16-11-7-8-12-17(16)28-18-13-19(32)31(23(18)33)14-15-9-5-4-6-10-15/h4-13,20-22,28-29H,14H2,1-3H3/t20-,21-,22-,27-/m1/s1. The van der Waals surface area contributed by atoms with E-state index in [4.69, 9.17) is 4.74 Å². The van der Waals surface area contributed by atoms with Gasteiger partial charge in [-0.15, -0.1) is 0 Å². The zero-order valence-corrected chi connectivity index (χ0v) is 20.6. The van der Waals surface area contributed by atoms with Gasteiger partial charge in [-0.2, -0.15) is 0 Å². The number of methoxy groups -OCH3 is 1. The molecule has 2 aromatic carbocycles. The van der Waals surface area contributed by atoms with E-state index in [2.05, 4.69) is 10.6 Å². The Kier molecular flexibility index (Phi) is 5.91. The van der Waals surface area contributed by atoms with Gasteiger partial charge in [0.25, 0.3) is 11.8 Å². The molecule has 4 atom stereocenters. The summed E-state index contributed by atoms with van der Waals surface area (Å²) in [5, 5.41) is 6.23. The summed E-state index contributed by atoms with van der Waals surface area (Å²) in [7, 11) is 2.63. The lowest BCUT2D eigenvalue weighted by Gasteiger charge is -2.28. The molecule has 3 aliphatic heterocycles. The van der Waals surface area contributed by atoms with Crippen LogP contribution in [-0.2, 0) is 35.3 Å². The molecule has 3 aliphatic rings. The van der Waals surface area contributed by atoms with Gasteiger partial charge in [0, 0.05) is 24.9 Å². The number of hydrogen-bond acceptors (Lipinski definition) is 8. The van der Waals surface area contributed by atoms with Crippen molar-refractivity contribution in [2.45, 2.75) is 25.0 Å².